The van der Waals surface area contributed by atoms with E-state index in [1.54, 1.807) is 4.90 Å². The molecule has 7 heteroatoms. The van der Waals surface area contributed by atoms with Crippen molar-refractivity contribution in [2.45, 2.75) is 18.9 Å². The SMILES string of the molecule is O=C(c1ncc(F)cc1F)N1CCN([C@@H]2CN3CCC2CC3)CC1. The molecule has 1 aromatic heterocycles. The van der Waals surface area contributed by atoms with Crippen LogP contribution in [0.1, 0.15) is 23.3 Å². The molecule has 130 valence electrons. The maximum absolute atomic E-state index is 13.8. The number of hydrogen-bond donors (Lipinski definition) is 0. The van der Waals surface area contributed by atoms with Gasteiger partial charge in [0.15, 0.2) is 11.5 Å². The van der Waals surface area contributed by atoms with Crippen LogP contribution >= 0.6 is 0 Å². The first-order valence-electron chi connectivity index (χ1n) is 8.68. The lowest BCUT2D eigenvalue weighted by molar-refractivity contribution is -0.0132. The zero-order chi connectivity index (χ0) is 16.7. The van der Waals surface area contributed by atoms with E-state index in [0.29, 0.717) is 25.2 Å². The molecular formula is C17H22F2N4O. The van der Waals surface area contributed by atoms with Crippen molar-refractivity contribution in [2.75, 3.05) is 45.8 Å². The first kappa shape index (κ1) is 15.9. The molecule has 1 aromatic rings. The van der Waals surface area contributed by atoms with Crippen LogP contribution in [0, 0.1) is 17.6 Å². The van der Waals surface area contributed by atoms with E-state index in [2.05, 4.69) is 14.8 Å². The number of amides is 1. The third-order valence-electron chi connectivity index (χ3n) is 5.70. The van der Waals surface area contributed by atoms with Crippen LogP contribution in [0.4, 0.5) is 8.78 Å². The molecule has 4 saturated heterocycles. The molecule has 4 aliphatic rings. The quantitative estimate of drug-likeness (QED) is 0.814. The highest BCUT2D eigenvalue weighted by atomic mass is 19.1. The Morgan fingerprint density at radius 3 is 2.38 bits per heavy atom. The lowest BCUT2D eigenvalue weighted by Crippen LogP contribution is -2.61. The van der Waals surface area contributed by atoms with Gasteiger partial charge >= 0.3 is 0 Å². The van der Waals surface area contributed by atoms with Crippen LogP contribution in [0.15, 0.2) is 12.3 Å². The molecule has 4 fully saturated rings. The van der Waals surface area contributed by atoms with Gasteiger partial charge < -0.3 is 9.80 Å². The number of piperidine rings is 3. The van der Waals surface area contributed by atoms with E-state index in [1.165, 1.54) is 25.9 Å². The van der Waals surface area contributed by atoms with E-state index in [4.69, 9.17) is 0 Å². The summed E-state index contributed by atoms with van der Waals surface area (Å²) in [4.78, 5) is 22.7. The molecule has 5 heterocycles. The standard InChI is InChI=1S/C17H22F2N4O/c18-13-9-14(19)16(20-10-13)17(24)23-7-5-22(6-8-23)15-11-21-3-1-12(15)2-4-21/h9-10,12,15H,1-8,11H2/t15-/m1/s1. The predicted octanol–water partition coefficient (Wildman–Crippen LogP) is 1.21. The number of carbonyl (C=O) groups is 1. The molecule has 1 atom stereocenters. The second-order valence-electron chi connectivity index (χ2n) is 7.02. The molecule has 0 radical (unpaired) electrons. The second-order valence-corrected chi connectivity index (χ2v) is 7.02. The molecule has 1 amide bonds. The molecule has 5 rings (SSSR count). The monoisotopic (exact) mass is 336 g/mol. The second kappa shape index (κ2) is 6.37. The first-order valence-corrected chi connectivity index (χ1v) is 8.68. The Kier molecular flexibility index (Phi) is 4.22. The summed E-state index contributed by atoms with van der Waals surface area (Å²) in [5.74, 6) is -1.33. The number of carbonyl (C=O) groups excluding carboxylic acids is 1. The van der Waals surface area contributed by atoms with Crippen molar-refractivity contribution in [3.05, 3.63) is 29.6 Å². The fraction of sp³-hybridized carbons (Fsp3) is 0.647. The van der Waals surface area contributed by atoms with Crippen molar-refractivity contribution in [3.63, 3.8) is 0 Å². The minimum atomic E-state index is -0.889. The third-order valence-corrected chi connectivity index (χ3v) is 5.70. The Hall–Kier alpha value is -1.60. The van der Waals surface area contributed by atoms with Crippen LogP contribution in [-0.2, 0) is 0 Å². The van der Waals surface area contributed by atoms with Gasteiger partial charge in [-0.1, -0.05) is 0 Å². The van der Waals surface area contributed by atoms with Gasteiger partial charge in [0, 0.05) is 44.8 Å². The van der Waals surface area contributed by atoms with Crippen LogP contribution in [0.3, 0.4) is 0 Å². The number of pyridine rings is 1. The number of halogens is 2. The number of aromatic nitrogens is 1. The van der Waals surface area contributed by atoms with Gasteiger partial charge in [0.2, 0.25) is 0 Å². The summed E-state index contributed by atoms with van der Waals surface area (Å²) in [5, 5.41) is 0. The van der Waals surface area contributed by atoms with Crippen LogP contribution in [0.2, 0.25) is 0 Å². The van der Waals surface area contributed by atoms with Gasteiger partial charge in [-0.25, -0.2) is 13.8 Å². The van der Waals surface area contributed by atoms with E-state index in [0.717, 1.165) is 31.7 Å². The fourth-order valence-corrected chi connectivity index (χ4v) is 4.33. The number of fused-ring (bicyclic) bond motifs is 3. The molecular weight excluding hydrogens is 314 g/mol. The number of nitrogens with zero attached hydrogens (tertiary/aromatic N) is 4. The van der Waals surface area contributed by atoms with Gasteiger partial charge in [0.1, 0.15) is 5.82 Å². The normalized spacial score (nSPS) is 30.6. The highest BCUT2D eigenvalue weighted by molar-refractivity contribution is 5.92. The van der Waals surface area contributed by atoms with Crippen molar-refractivity contribution in [3.8, 4) is 0 Å². The van der Waals surface area contributed by atoms with Gasteiger partial charge in [-0.3, -0.25) is 9.69 Å². The molecule has 0 unspecified atom stereocenters. The van der Waals surface area contributed by atoms with Crippen LogP contribution in [0.5, 0.6) is 0 Å². The molecule has 0 aliphatic carbocycles. The van der Waals surface area contributed by atoms with Crippen molar-refractivity contribution in [1.82, 2.24) is 19.7 Å². The third kappa shape index (κ3) is 2.91. The highest BCUT2D eigenvalue weighted by Crippen LogP contribution is 2.31. The van der Waals surface area contributed by atoms with E-state index < -0.39 is 17.5 Å². The molecule has 24 heavy (non-hydrogen) atoms. The van der Waals surface area contributed by atoms with Gasteiger partial charge in [-0.2, -0.15) is 0 Å². The maximum Gasteiger partial charge on any atom is 0.275 e. The number of piperazine rings is 1. The Labute approximate surface area is 140 Å². The summed E-state index contributed by atoms with van der Waals surface area (Å²) < 4.78 is 26.7. The lowest BCUT2D eigenvalue weighted by atomic mass is 9.83. The zero-order valence-corrected chi connectivity index (χ0v) is 13.6. The Morgan fingerprint density at radius 1 is 1.08 bits per heavy atom. The smallest absolute Gasteiger partial charge is 0.275 e. The topological polar surface area (TPSA) is 39.7 Å². The summed E-state index contributed by atoms with van der Waals surface area (Å²) in [6.45, 7) is 6.32. The van der Waals surface area contributed by atoms with Crippen LogP contribution < -0.4 is 0 Å². The summed E-state index contributed by atoms with van der Waals surface area (Å²) >= 11 is 0. The first-order chi connectivity index (χ1) is 11.6. The van der Waals surface area contributed by atoms with E-state index in [1.807, 2.05) is 0 Å². The van der Waals surface area contributed by atoms with E-state index in [9.17, 15) is 13.6 Å². The fourth-order valence-electron chi connectivity index (χ4n) is 4.33. The average molecular weight is 336 g/mol. The van der Waals surface area contributed by atoms with Gasteiger partial charge in [0.05, 0.1) is 6.20 Å². The highest BCUT2D eigenvalue weighted by Gasteiger charge is 2.38. The largest absolute Gasteiger partial charge is 0.335 e. The Bertz CT molecular complexity index is 625. The minimum Gasteiger partial charge on any atom is -0.335 e. The Morgan fingerprint density at radius 2 is 1.79 bits per heavy atom. The molecule has 4 aliphatic heterocycles. The lowest BCUT2D eigenvalue weighted by Gasteiger charge is -2.50. The van der Waals surface area contributed by atoms with Gasteiger partial charge in [-0.15, -0.1) is 0 Å². The number of rotatable bonds is 2. The maximum atomic E-state index is 13.8. The number of hydrogen-bond acceptors (Lipinski definition) is 4. The van der Waals surface area contributed by atoms with E-state index >= 15 is 0 Å². The molecule has 0 aromatic carbocycles. The van der Waals surface area contributed by atoms with Crippen molar-refractivity contribution >= 4 is 5.91 Å². The van der Waals surface area contributed by atoms with Crippen molar-refractivity contribution < 1.29 is 13.6 Å². The molecule has 0 spiro atoms. The Balaban J connectivity index is 1.38. The van der Waals surface area contributed by atoms with Crippen molar-refractivity contribution in [2.24, 2.45) is 5.92 Å². The predicted molar refractivity (Wildman–Crippen MR) is 84.6 cm³/mol. The zero-order valence-electron chi connectivity index (χ0n) is 13.6. The molecule has 0 saturated carbocycles. The summed E-state index contributed by atoms with van der Waals surface area (Å²) in [7, 11) is 0. The summed E-state index contributed by atoms with van der Waals surface area (Å²) in [6.07, 6.45) is 3.43. The molecule has 0 N–H and O–H groups in total. The average Bonchev–Trinajstić information content (AvgIpc) is 2.62. The minimum absolute atomic E-state index is 0.285. The van der Waals surface area contributed by atoms with Gasteiger partial charge in [0.25, 0.3) is 5.91 Å². The van der Waals surface area contributed by atoms with Crippen LogP contribution in [-0.4, -0.2) is 77.4 Å². The summed E-state index contributed by atoms with van der Waals surface area (Å²) in [5.41, 5.74) is -0.285. The summed E-state index contributed by atoms with van der Waals surface area (Å²) in [6, 6.07) is 1.30. The van der Waals surface area contributed by atoms with Crippen LogP contribution in [0.25, 0.3) is 0 Å². The molecule has 5 nitrogen and oxygen atoms in total. The van der Waals surface area contributed by atoms with E-state index in [-0.39, 0.29) is 5.69 Å². The van der Waals surface area contributed by atoms with Gasteiger partial charge in [-0.05, 0) is 31.8 Å². The van der Waals surface area contributed by atoms with Crippen molar-refractivity contribution in [1.29, 1.82) is 0 Å². The molecule has 2 bridgehead atoms.